The lowest BCUT2D eigenvalue weighted by molar-refractivity contribution is -0.150. The van der Waals surface area contributed by atoms with Crippen molar-refractivity contribution in [3.8, 4) is 6.07 Å². The van der Waals surface area contributed by atoms with Crippen LogP contribution >= 0.6 is 46.6 Å². The molecular weight excluding hydrogens is 509 g/mol. The van der Waals surface area contributed by atoms with Gasteiger partial charge < -0.3 is 15.4 Å². The monoisotopic (exact) mass is 523 g/mol. The molecule has 0 bridgehead atoms. The summed E-state index contributed by atoms with van der Waals surface area (Å²) in [6.45, 7) is 0. The van der Waals surface area contributed by atoms with E-state index in [0.717, 1.165) is 11.8 Å². The van der Waals surface area contributed by atoms with Crippen LogP contribution in [-0.4, -0.2) is 30.6 Å². The van der Waals surface area contributed by atoms with E-state index in [-0.39, 0.29) is 16.4 Å². The second-order valence-corrected chi connectivity index (χ2v) is 9.16. The van der Waals surface area contributed by atoms with E-state index < -0.39 is 29.6 Å². The molecule has 0 fully saturated rings. The highest BCUT2D eigenvalue weighted by Crippen LogP contribution is 2.40. The van der Waals surface area contributed by atoms with Crippen LogP contribution in [0.1, 0.15) is 11.5 Å². The Bertz CT molecular complexity index is 1160. The van der Waals surface area contributed by atoms with Gasteiger partial charge in [-0.05, 0) is 35.9 Å². The van der Waals surface area contributed by atoms with Gasteiger partial charge in [-0.3, -0.25) is 14.4 Å². The molecule has 2 amide bonds. The number of benzene rings is 2. The van der Waals surface area contributed by atoms with Gasteiger partial charge in [0.05, 0.1) is 29.5 Å². The molecule has 0 radical (unpaired) electrons. The summed E-state index contributed by atoms with van der Waals surface area (Å²) in [5.41, 5.74) is 1.08. The molecule has 3 rings (SSSR count). The Kier molecular flexibility index (Phi) is 8.27. The highest BCUT2D eigenvalue weighted by Gasteiger charge is 2.44. The predicted molar refractivity (Wildman–Crippen MR) is 128 cm³/mol. The topological polar surface area (TPSA) is 108 Å². The molecule has 2 aromatic carbocycles. The van der Waals surface area contributed by atoms with E-state index >= 15 is 0 Å². The van der Waals surface area contributed by atoms with Crippen LogP contribution in [0.2, 0.25) is 15.1 Å². The minimum Gasteiger partial charge on any atom is -0.468 e. The molecule has 1 aliphatic heterocycles. The number of thioether (sulfide) groups is 1. The number of carbonyl (C=O) groups is 3. The number of methoxy groups -OCH3 is 1. The van der Waals surface area contributed by atoms with Gasteiger partial charge in [-0.25, -0.2) is 0 Å². The van der Waals surface area contributed by atoms with Gasteiger partial charge in [0.15, 0.2) is 0 Å². The third-order valence-electron chi connectivity index (χ3n) is 4.71. The summed E-state index contributed by atoms with van der Waals surface area (Å²) in [4.78, 5) is 37.6. The van der Waals surface area contributed by atoms with Crippen molar-refractivity contribution in [1.29, 1.82) is 5.26 Å². The van der Waals surface area contributed by atoms with Crippen molar-refractivity contribution in [2.75, 3.05) is 18.2 Å². The lowest BCUT2D eigenvalue weighted by Gasteiger charge is -2.30. The number of ether oxygens (including phenoxy) is 1. The van der Waals surface area contributed by atoms with E-state index in [1.54, 1.807) is 24.3 Å². The molecule has 0 aliphatic carbocycles. The van der Waals surface area contributed by atoms with Crippen LogP contribution in [0, 0.1) is 17.2 Å². The summed E-state index contributed by atoms with van der Waals surface area (Å²) in [5.74, 6) is -4.11. The van der Waals surface area contributed by atoms with Crippen molar-refractivity contribution in [3.63, 3.8) is 0 Å². The summed E-state index contributed by atoms with van der Waals surface area (Å²) in [7, 11) is 1.17. The molecular formula is C22H16Cl3N3O4S. The number of nitrogens with zero attached hydrogens (tertiary/aromatic N) is 1. The normalized spacial score (nSPS) is 17.7. The Morgan fingerprint density at radius 3 is 2.33 bits per heavy atom. The Morgan fingerprint density at radius 1 is 1.12 bits per heavy atom. The van der Waals surface area contributed by atoms with Crippen molar-refractivity contribution in [3.05, 3.63) is 73.7 Å². The minimum atomic E-state index is -1.27. The Morgan fingerprint density at radius 2 is 1.76 bits per heavy atom. The Labute approximate surface area is 209 Å². The largest absolute Gasteiger partial charge is 0.468 e. The molecule has 2 atom stereocenters. The maximum atomic E-state index is 12.8. The van der Waals surface area contributed by atoms with Crippen LogP contribution in [0.25, 0.3) is 0 Å². The van der Waals surface area contributed by atoms with Gasteiger partial charge in [0.25, 0.3) is 0 Å². The van der Waals surface area contributed by atoms with Gasteiger partial charge in [0.1, 0.15) is 5.92 Å². The first kappa shape index (κ1) is 24.9. The number of rotatable bonds is 6. The van der Waals surface area contributed by atoms with Crippen LogP contribution in [0.5, 0.6) is 0 Å². The van der Waals surface area contributed by atoms with Gasteiger partial charge >= 0.3 is 5.97 Å². The summed E-state index contributed by atoms with van der Waals surface area (Å²) in [6, 6.07) is 13.2. The highest BCUT2D eigenvalue weighted by molar-refractivity contribution is 8.03. The van der Waals surface area contributed by atoms with E-state index in [1.165, 1.54) is 25.3 Å². The van der Waals surface area contributed by atoms with Gasteiger partial charge in [-0.1, -0.05) is 58.7 Å². The minimum absolute atomic E-state index is 0.124. The molecule has 2 aromatic rings. The first-order valence-corrected chi connectivity index (χ1v) is 11.5. The maximum absolute atomic E-state index is 12.8. The molecule has 7 nitrogen and oxygen atoms in total. The fourth-order valence-corrected chi connectivity index (χ4v) is 4.81. The molecule has 0 unspecified atom stereocenters. The van der Waals surface area contributed by atoms with Gasteiger partial charge in [0, 0.05) is 26.7 Å². The number of esters is 1. The first-order valence-electron chi connectivity index (χ1n) is 9.40. The van der Waals surface area contributed by atoms with E-state index in [0.29, 0.717) is 26.3 Å². The van der Waals surface area contributed by atoms with Crippen molar-refractivity contribution < 1.29 is 19.1 Å². The zero-order valence-electron chi connectivity index (χ0n) is 17.0. The Hall–Kier alpha value is -2.70. The summed E-state index contributed by atoms with van der Waals surface area (Å²) in [5, 5.41) is 16.5. The van der Waals surface area contributed by atoms with Gasteiger partial charge in [0.2, 0.25) is 11.8 Å². The van der Waals surface area contributed by atoms with Crippen molar-refractivity contribution in [2.24, 2.45) is 5.92 Å². The van der Waals surface area contributed by atoms with Crippen molar-refractivity contribution in [1.82, 2.24) is 5.32 Å². The third kappa shape index (κ3) is 6.01. The van der Waals surface area contributed by atoms with Gasteiger partial charge in [-0.15, -0.1) is 0 Å². The number of carbonyl (C=O) groups excluding carboxylic acids is 3. The lowest BCUT2D eigenvalue weighted by atomic mass is 9.78. The van der Waals surface area contributed by atoms with Crippen LogP contribution in [-0.2, 0) is 19.1 Å². The fourth-order valence-electron chi connectivity index (χ4n) is 3.31. The average Bonchev–Trinajstić information content (AvgIpc) is 2.76. The zero-order valence-corrected chi connectivity index (χ0v) is 20.1. The molecule has 0 spiro atoms. The van der Waals surface area contributed by atoms with Crippen molar-refractivity contribution in [2.45, 2.75) is 5.92 Å². The Balaban J connectivity index is 1.88. The van der Waals surface area contributed by atoms with E-state index in [9.17, 15) is 19.6 Å². The molecule has 0 saturated heterocycles. The summed E-state index contributed by atoms with van der Waals surface area (Å²) in [6.07, 6.45) is 0. The smallest absolute Gasteiger partial charge is 0.319 e. The molecule has 0 saturated carbocycles. The van der Waals surface area contributed by atoms with E-state index in [2.05, 4.69) is 16.7 Å². The molecule has 170 valence electrons. The van der Waals surface area contributed by atoms with Crippen molar-refractivity contribution >= 4 is 70.0 Å². The van der Waals surface area contributed by atoms with E-state index in [4.69, 9.17) is 39.5 Å². The lowest BCUT2D eigenvalue weighted by Crippen LogP contribution is -2.44. The standard InChI is InChI=1S/C22H16Cl3N3O4S/c1-32-22(31)19-18(11-2-4-12(23)5-3-11)16(9-26)21(28-20(19)30)33-10-17(29)27-15-7-13(24)6-14(25)8-15/h2-8,18-19H,10H2,1H3,(H,27,29)(H,28,30)/t18-,19-/m1/s1. The molecule has 2 N–H and O–H groups in total. The summed E-state index contributed by atoms with van der Waals surface area (Å²) < 4.78 is 4.80. The number of amides is 2. The molecule has 33 heavy (non-hydrogen) atoms. The molecule has 11 heteroatoms. The van der Waals surface area contributed by atoms with Crippen LogP contribution in [0.3, 0.4) is 0 Å². The number of hydrogen-bond acceptors (Lipinski definition) is 6. The average molecular weight is 525 g/mol. The first-order chi connectivity index (χ1) is 15.7. The van der Waals surface area contributed by atoms with Crippen LogP contribution < -0.4 is 10.6 Å². The molecule has 1 heterocycles. The van der Waals surface area contributed by atoms with Crippen LogP contribution in [0.15, 0.2) is 53.1 Å². The molecule has 1 aliphatic rings. The number of nitriles is 1. The number of hydrogen-bond donors (Lipinski definition) is 2. The number of halogens is 3. The third-order valence-corrected chi connectivity index (χ3v) is 6.41. The number of nitrogens with one attached hydrogen (secondary N) is 2. The van der Waals surface area contributed by atoms with E-state index in [1.807, 2.05) is 0 Å². The maximum Gasteiger partial charge on any atom is 0.319 e. The summed E-state index contributed by atoms with van der Waals surface area (Å²) >= 11 is 18.8. The second kappa shape index (κ2) is 10.9. The van der Waals surface area contributed by atoms with Gasteiger partial charge in [-0.2, -0.15) is 5.26 Å². The quantitative estimate of drug-likeness (QED) is 0.417. The highest BCUT2D eigenvalue weighted by atomic mass is 35.5. The fraction of sp³-hybridized carbons (Fsp3) is 0.182. The second-order valence-electron chi connectivity index (χ2n) is 6.87. The number of allylic oxidation sites excluding steroid dienone is 1. The van der Waals surface area contributed by atoms with Crippen LogP contribution in [0.4, 0.5) is 5.69 Å². The SMILES string of the molecule is COC(=O)[C@H]1C(=O)NC(SCC(=O)Nc2cc(Cl)cc(Cl)c2)=C(C#N)[C@H]1c1ccc(Cl)cc1. The molecule has 0 aromatic heterocycles. The predicted octanol–water partition coefficient (Wildman–Crippen LogP) is 4.76. The number of anilines is 1. The zero-order chi connectivity index (χ0) is 24.1.